The second kappa shape index (κ2) is 14.3. The number of esters is 1. The van der Waals surface area contributed by atoms with Crippen LogP contribution >= 0.6 is 0 Å². The number of morpholine rings is 1. The standard InChI is InChI=1S/C29H38N2O8S/c1-29(2,3)39-28(34)30-19-25(26(32)31-14-16-37-17-15-31)40(35,36)21-24(18-22-10-6-4-7-11-22)27(33)38-20-23-12-8-5-9-13-23/h4-13,24-25H,14-21H2,1-3H3,(H,30,34)/t24?,25-/m1/s1. The smallest absolute Gasteiger partial charge is 0.407 e. The molecule has 218 valence electrons. The fourth-order valence-corrected chi connectivity index (χ4v) is 6.04. The first kappa shape index (κ1) is 31.1. The maximum absolute atomic E-state index is 13.8. The summed E-state index contributed by atoms with van der Waals surface area (Å²) in [7, 11) is -4.26. The number of carbonyl (C=O) groups excluding carboxylic acids is 3. The average molecular weight is 575 g/mol. The summed E-state index contributed by atoms with van der Waals surface area (Å²) in [5, 5.41) is 0.816. The Labute approximate surface area is 235 Å². The number of carbonyl (C=O) groups is 3. The van der Waals surface area contributed by atoms with Crippen molar-refractivity contribution in [1.29, 1.82) is 0 Å². The third-order valence-electron chi connectivity index (χ3n) is 6.18. The van der Waals surface area contributed by atoms with Crippen molar-refractivity contribution in [3.05, 3.63) is 71.8 Å². The normalized spacial score (nSPS) is 15.5. The van der Waals surface area contributed by atoms with E-state index in [0.29, 0.717) is 0 Å². The van der Waals surface area contributed by atoms with Crippen molar-refractivity contribution >= 4 is 27.8 Å². The van der Waals surface area contributed by atoms with Gasteiger partial charge in [-0.2, -0.15) is 0 Å². The first-order valence-electron chi connectivity index (χ1n) is 13.2. The second-order valence-corrected chi connectivity index (χ2v) is 12.8. The second-order valence-electron chi connectivity index (χ2n) is 10.6. The topological polar surface area (TPSA) is 128 Å². The van der Waals surface area contributed by atoms with Crippen molar-refractivity contribution in [3.8, 4) is 0 Å². The van der Waals surface area contributed by atoms with Crippen LogP contribution in [0.5, 0.6) is 0 Å². The Morgan fingerprint density at radius 2 is 1.52 bits per heavy atom. The molecule has 11 heteroatoms. The third-order valence-corrected chi connectivity index (χ3v) is 8.28. The van der Waals surface area contributed by atoms with Crippen LogP contribution in [0.3, 0.4) is 0 Å². The van der Waals surface area contributed by atoms with Crippen molar-refractivity contribution in [2.24, 2.45) is 5.92 Å². The number of alkyl carbamates (subject to hydrolysis) is 1. The van der Waals surface area contributed by atoms with Crippen molar-refractivity contribution in [2.45, 2.75) is 44.6 Å². The summed E-state index contributed by atoms with van der Waals surface area (Å²) in [6.07, 6.45) is -0.739. The molecule has 0 bridgehead atoms. The van der Waals surface area contributed by atoms with Gasteiger partial charge in [-0.25, -0.2) is 13.2 Å². The molecule has 1 unspecified atom stereocenters. The third kappa shape index (κ3) is 9.95. The maximum atomic E-state index is 13.8. The Balaban J connectivity index is 1.83. The lowest BCUT2D eigenvalue weighted by atomic mass is 10.0. The van der Waals surface area contributed by atoms with E-state index in [1.165, 1.54) is 4.90 Å². The number of benzene rings is 2. The molecule has 3 rings (SSSR count). The number of amides is 2. The van der Waals surface area contributed by atoms with Crippen molar-refractivity contribution in [3.63, 3.8) is 0 Å². The van der Waals surface area contributed by atoms with Crippen LogP contribution in [-0.2, 0) is 46.7 Å². The molecule has 1 aliphatic rings. The summed E-state index contributed by atoms with van der Waals surface area (Å²) in [6, 6.07) is 18.1. The minimum Gasteiger partial charge on any atom is -0.461 e. The Morgan fingerprint density at radius 1 is 0.950 bits per heavy atom. The molecule has 2 aromatic rings. The summed E-state index contributed by atoms with van der Waals surface area (Å²) < 4.78 is 43.7. The van der Waals surface area contributed by atoms with Gasteiger partial charge in [-0.3, -0.25) is 9.59 Å². The van der Waals surface area contributed by atoms with E-state index in [1.54, 1.807) is 57.2 Å². The number of sulfone groups is 1. The molecule has 10 nitrogen and oxygen atoms in total. The van der Waals surface area contributed by atoms with E-state index in [9.17, 15) is 22.8 Å². The molecule has 2 amide bonds. The molecule has 0 spiro atoms. The monoisotopic (exact) mass is 574 g/mol. The van der Waals surface area contributed by atoms with Gasteiger partial charge in [0.05, 0.1) is 24.9 Å². The van der Waals surface area contributed by atoms with Gasteiger partial charge in [0.2, 0.25) is 5.91 Å². The summed E-state index contributed by atoms with van der Waals surface area (Å²) in [4.78, 5) is 40.4. The first-order chi connectivity index (χ1) is 18.9. The molecule has 2 aromatic carbocycles. The predicted octanol–water partition coefficient (Wildman–Crippen LogP) is 2.76. The molecule has 0 radical (unpaired) electrons. The van der Waals surface area contributed by atoms with E-state index in [0.717, 1.165) is 11.1 Å². The van der Waals surface area contributed by atoms with Crippen LogP contribution in [0.4, 0.5) is 4.79 Å². The summed E-state index contributed by atoms with van der Waals surface area (Å²) in [5.41, 5.74) is 0.706. The predicted molar refractivity (Wildman–Crippen MR) is 149 cm³/mol. The van der Waals surface area contributed by atoms with Crippen LogP contribution in [0, 0.1) is 5.92 Å². The van der Waals surface area contributed by atoms with E-state index < -0.39 is 56.9 Å². The fraction of sp³-hybridized carbons (Fsp3) is 0.483. The van der Waals surface area contributed by atoms with Crippen LogP contribution in [0.2, 0.25) is 0 Å². The number of hydrogen-bond acceptors (Lipinski definition) is 8. The van der Waals surface area contributed by atoms with E-state index in [-0.39, 0.29) is 39.3 Å². The van der Waals surface area contributed by atoms with Gasteiger partial charge in [-0.15, -0.1) is 0 Å². The molecule has 2 atom stereocenters. The van der Waals surface area contributed by atoms with Crippen molar-refractivity contribution < 1.29 is 37.0 Å². The number of ether oxygens (including phenoxy) is 3. The van der Waals surface area contributed by atoms with Gasteiger partial charge in [0.1, 0.15) is 12.2 Å². The first-order valence-corrected chi connectivity index (χ1v) is 15.0. The minimum atomic E-state index is -4.26. The Morgan fingerprint density at radius 3 is 2.10 bits per heavy atom. The van der Waals surface area contributed by atoms with Crippen molar-refractivity contribution in [2.75, 3.05) is 38.6 Å². The molecular formula is C29H38N2O8S. The molecule has 1 fully saturated rings. The summed E-state index contributed by atoms with van der Waals surface area (Å²) in [5.74, 6) is -3.05. The molecule has 1 saturated heterocycles. The molecule has 0 aromatic heterocycles. The number of nitrogens with zero attached hydrogens (tertiary/aromatic N) is 1. The number of nitrogens with one attached hydrogen (secondary N) is 1. The molecule has 0 saturated carbocycles. The highest BCUT2D eigenvalue weighted by molar-refractivity contribution is 7.92. The van der Waals surface area contributed by atoms with Crippen LogP contribution in [0.25, 0.3) is 0 Å². The van der Waals surface area contributed by atoms with Gasteiger partial charge < -0.3 is 24.4 Å². The zero-order chi connectivity index (χ0) is 29.2. The Kier molecular flexibility index (Phi) is 11.1. The molecule has 1 heterocycles. The van der Waals surface area contributed by atoms with E-state index in [2.05, 4.69) is 5.32 Å². The van der Waals surface area contributed by atoms with Gasteiger partial charge in [0.25, 0.3) is 0 Å². The van der Waals surface area contributed by atoms with Crippen molar-refractivity contribution in [1.82, 2.24) is 10.2 Å². The van der Waals surface area contributed by atoms with Gasteiger partial charge in [0, 0.05) is 19.6 Å². The lowest BCUT2D eigenvalue weighted by Gasteiger charge is -2.31. The van der Waals surface area contributed by atoms with Gasteiger partial charge in [0.15, 0.2) is 15.1 Å². The minimum absolute atomic E-state index is 0.0126. The van der Waals surface area contributed by atoms with E-state index >= 15 is 0 Å². The molecule has 1 N–H and O–H groups in total. The van der Waals surface area contributed by atoms with Gasteiger partial charge in [-0.1, -0.05) is 60.7 Å². The highest BCUT2D eigenvalue weighted by Crippen LogP contribution is 2.19. The largest absolute Gasteiger partial charge is 0.461 e. The zero-order valence-electron chi connectivity index (χ0n) is 23.2. The van der Waals surface area contributed by atoms with Crippen LogP contribution in [-0.4, -0.2) is 80.7 Å². The Bertz CT molecular complexity index is 1220. The average Bonchev–Trinajstić information content (AvgIpc) is 2.91. The highest BCUT2D eigenvalue weighted by atomic mass is 32.2. The van der Waals surface area contributed by atoms with Crippen LogP contribution < -0.4 is 5.32 Å². The maximum Gasteiger partial charge on any atom is 0.407 e. The fourth-order valence-electron chi connectivity index (χ4n) is 4.20. The lowest BCUT2D eigenvalue weighted by molar-refractivity contribution is -0.149. The van der Waals surface area contributed by atoms with Crippen LogP contribution in [0.1, 0.15) is 31.9 Å². The molecule has 1 aliphatic heterocycles. The number of hydrogen-bond donors (Lipinski definition) is 1. The Hall–Kier alpha value is -3.44. The summed E-state index contributed by atoms with van der Waals surface area (Å²) >= 11 is 0. The quantitative estimate of drug-likeness (QED) is 0.406. The molecular weight excluding hydrogens is 536 g/mol. The molecule has 40 heavy (non-hydrogen) atoms. The van der Waals surface area contributed by atoms with Gasteiger partial charge >= 0.3 is 12.1 Å². The number of rotatable bonds is 11. The van der Waals surface area contributed by atoms with Gasteiger partial charge in [-0.05, 0) is 38.3 Å². The van der Waals surface area contributed by atoms with Crippen LogP contribution in [0.15, 0.2) is 60.7 Å². The SMILES string of the molecule is CC(C)(C)OC(=O)NC[C@H](C(=O)N1CCOCC1)S(=O)(=O)CC(Cc1ccccc1)C(=O)OCc1ccccc1. The lowest BCUT2D eigenvalue weighted by Crippen LogP contribution is -2.53. The zero-order valence-corrected chi connectivity index (χ0v) is 24.0. The van der Waals surface area contributed by atoms with E-state index in [4.69, 9.17) is 14.2 Å². The molecule has 0 aliphatic carbocycles. The summed E-state index contributed by atoms with van der Waals surface area (Å²) in [6.45, 7) is 5.53. The van der Waals surface area contributed by atoms with E-state index in [1.807, 2.05) is 24.3 Å². The highest BCUT2D eigenvalue weighted by Gasteiger charge is 2.40.